The second kappa shape index (κ2) is 4.75. The van der Waals surface area contributed by atoms with E-state index in [1.807, 2.05) is 18.5 Å². The summed E-state index contributed by atoms with van der Waals surface area (Å²) in [7, 11) is 0. The summed E-state index contributed by atoms with van der Waals surface area (Å²) in [6, 6.07) is 4.06. The van der Waals surface area contributed by atoms with Crippen LogP contribution in [0.2, 0.25) is 0 Å². The molecule has 0 fully saturated rings. The zero-order valence-electron chi connectivity index (χ0n) is 8.73. The molecule has 0 aliphatic carbocycles. The minimum absolute atomic E-state index is 0.856. The van der Waals surface area contributed by atoms with Crippen molar-refractivity contribution in [3.63, 3.8) is 0 Å². The molecule has 0 aliphatic rings. The number of pyridine rings is 1. The average molecular weight is 202 g/mol. The quantitative estimate of drug-likeness (QED) is 0.827. The zero-order valence-corrected chi connectivity index (χ0v) is 8.73. The van der Waals surface area contributed by atoms with Gasteiger partial charge in [-0.2, -0.15) is 0 Å². The predicted octanol–water partition coefficient (Wildman–Crippen LogP) is 2.45. The van der Waals surface area contributed by atoms with E-state index >= 15 is 0 Å². The lowest BCUT2D eigenvalue weighted by atomic mass is 10.1. The SMILES string of the molecule is CCNCc1cncc(-c2ccoc2)c1. The largest absolute Gasteiger partial charge is 0.472 e. The van der Waals surface area contributed by atoms with Crippen molar-refractivity contribution in [2.24, 2.45) is 0 Å². The molecule has 2 aromatic heterocycles. The average Bonchev–Trinajstić information content (AvgIpc) is 2.80. The van der Waals surface area contributed by atoms with Crippen molar-refractivity contribution < 1.29 is 4.42 Å². The fraction of sp³-hybridized carbons (Fsp3) is 0.250. The first-order valence-corrected chi connectivity index (χ1v) is 5.07. The zero-order chi connectivity index (χ0) is 10.5. The maximum absolute atomic E-state index is 5.05. The minimum Gasteiger partial charge on any atom is -0.472 e. The standard InChI is InChI=1S/C12H14N2O/c1-2-13-6-10-5-12(8-14-7-10)11-3-4-15-9-11/h3-5,7-9,13H,2,6H2,1H3. The molecule has 0 bridgehead atoms. The van der Waals surface area contributed by atoms with E-state index in [2.05, 4.69) is 23.3 Å². The Morgan fingerprint density at radius 1 is 1.33 bits per heavy atom. The lowest BCUT2D eigenvalue weighted by molar-refractivity contribution is 0.568. The summed E-state index contributed by atoms with van der Waals surface area (Å²) in [4.78, 5) is 4.21. The molecule has 15 heavy (non-hydrogen) atoms. The van der Waals surface area contributed by atoms with Crippen LogP contribution in [0.5, 0.6) is 0 Å². The molecule has 0 radical (unpaired) electrons. The third-order valence-electron chi connectivity index (χ3n) is 2.23. The van der Waals surface area contributed by atoms with Crippen LogP contribution in [0.1, 0.15) is 12.5 Å². The summed E-state index contributed by atoms with van der Waals surface area (Å²) in [6.07, 6.45) is 7.13. The first kappa shape index (κ1) is 9.93. The smallest absolute Gasteiger partial charge is 0.0981 e. The van der Waals surface area contributed by atoms with E-state index < -0.39 is 0 Å². The number of rotatable bonds is 4. The molecule has 78 valence electrons. The highest BCUT2D eigenvalue weighted by Gasteiger charge is 2.00. The van der Waals surface area contributed by atoms with Gasteiger partial charge in [0, 0.05) is 30.1 Å². The van der Waals surface area contributed by atoms with E-state index in [0.29, 0.717) is 0 Å². The molecule has 3 heteroatoms. The van der Waals surface area contributed by atoms with Crippen molar-refractivity contribution in [1.82, 2.24) is 10.3 Å². The van der Waals surface area contributed by atoms with Gasteiger partial charge in [-0.25, -0.2) is 0 Å². The minimum atomic E-state index is 0.856. The van der Waals surface area contributed by atoms with Crippen molar-refractivity contribution in [3.05, 3.63) is 42.6 Å². The van der Waals surface area contributed by atoms with Gasteiger partial charge in [0.05, 0.1) is 12.5 Å². The molecular formula is C12H14N2O. The summed E-state index contributed by atoms with van der Waals surface area (Å²) >= 11 is 0. The Morgan fingerprint density at radius 2 is 2.27 bits per heavy atom. The van der Waals surface area contributed by atoms with Crippen molar-refractivity contribution in [3.8, 4) is 11.1 Å². The van der Waals surface area contributed by atoms with Crippen molar-refractivity contribution in [1.29, 1.82) is 0 Å². The third kappa shape index (κ3) is 2.44. The molecule has 2 rings (SSSR count). The third-order valence-corrected chi connectivity index (χ3v) is 2.23. The molecule has 0 saturated carbocycles. The maximum atomic E-state index is 5.05. The number of hydrogen-bond donors (Lipinski definition) is 1. The molecule has 0 saturated heterocycles. The van der Waals surface area contributed by atoms with Gasteiger partial charge in [-0.05, 0) is 24.2 Å². The van der Waals surface area contributed by atoms with Crippen LogP contribution in [0.15, 0.2) is 41.5 Å². The summed E-state index contributed by atoms with van der Waals surface area (Å²) in [5.41, 5.74) is 3.36. The molecule has 0 spiro atoms. The summed E-state index contributed by atoms with van der Waals surface area (Å²) in [5, 5.41) is 3.27. The predicted molar refractivity (Wildman–Crippen MR) is 59.3 cm³/mol. The number of furan rings is 1. The highest BCUT2D eigenvalue weighted by atomic mass is 16.3. The van der Waals surface area contributed by atoms with Crippen LogP contribution in [0.4, 0.5) is 0 Å². The monoisotopic (exact) mass is 202 g/mol. The Morgan fingerprint density at radius 3 is 3.00 bits per heavy atom. The van der Waals surface area contributed by atoms with Gasteiger partial charge in [-0.3, -0.25) is 4.98 Å². The number of hydrogen-bond acceptors (Lipinski definition) is 3. The molecule has 2 heterocycles. The second-order valence-electron chi connectivity index (χ2n) is 3.37. The van der Waals surface area contributed by atoms with E-state index in [1.54, 1.807) is 12.5 Å². The fourth-order valence-corrected chi connectivity index (χ4v) is 1.44. The molecule has 0 unspecified atom stereocenters. The highest BCUT2D eigenvalue weighted by Crippen LogP contribution is 2.19. The van der Waals surface area contributed by atoms with Gasteiger partial charge in [-0.1, -0.05) is 6.92 Å². The van der Waals surface area contributed by atoms with E-state index in [4.69, 9.17) is 4.42 Å². The Labute approximate surface area is 89.1 Å². The fourth-order valence-electron chi connectivity index (χ4n) is 1.44. The van der Waals surface area contributed by atoms with Crippen LogP contribution in [-0.2, 0) is 6.54 Å². The lowest BCUT2D eigenvalue weighted by Gasteiger charge is -2.03. The Kier molecular flexibility index (Phi) is 3.15. The molecule has 1 N–H and O–H groups in total. The topological polar surface area (TPSA) is 38.1 Å². The normalized spacial score (nSPS) is 10.5. The van der Waals surface area contributed by atoms with Gasteiger partial charge >= 0.3 is 0 Å². The molecule has 3 nitrogen and oxygen atoms in total. The van der Waals surface area contributed by atoms with Gasteiger partial charge in [-0.15, -0.1) is 0 Å². The van der Waals surface area contributed by atoms with Crippen LogP contribution in [-0.4, -0.2) is 11.5 Å². The lowest BCUT2D eigenvalue weighted by Crippen LogP contribution is -2.11. The van der Waals surface area contributed by atoms with Gasteiger partial charge in [0.25, 0.3) is 0 Å². The molecule has 0 aliphatic heterocycles. The second-order valence-corrected chi connectivity index (χ2v) is 3.37. The highest BCUT2D eigenvalue weighted by molar-refractivity contribution is 5.61. The Bertz CT molecular complexity index is 409. The van der Waals surface area contributed by atoms with Gasteiger partial charge in [0.2, 0.25) is 0 Å². The summed E-state index contributed by atoms with van der Waals surface area (Å²) in [5.74, 6) is 0. The van der Waals surface area contributed by atoms with Crippen LogP contribution in [0.3, 0.4) is 0 Å². The molecule has 2 aromatic rings. The van der Waals surface area contributed by atoms with E-state index in [9.17, 15) is 0 Å². The van der Waals surface area contributed by atoms with E-state index in [0.717, 1.165) is 24.2 Å². The summed E-state index contributed by atoms with van der Waals surface area (Å²) in [6.45, 7) is 3.92. The number of nitrogens with zero attached hydrogens (tertiary/aromatic N) is 1. The van der Waals surface area contributed by atoms with Gasteiger partial charge in [0.1, 0.15) is 0 Å². The van der Waals surface area contributed by atoms with Crippen LogP contribution < -0.4 is 5.32 Å². The van der Waals surface area contributed by atoms with Crippen LogP contribution in [0.25, 0.3) is 11.1 Å². The van der Waals surface area contributed by atoms with Crippen LogP contribution in [0, 0.1) is 0 Å². The van der Waals surface area contributed by atoms with Gasteiger partial charge in [0.15, 0.2) is 0 Å². The first-order valence-electron chi connectivity index (χ1n) is 5.07. The van der Waals surface area contributed by atoms with Crippen molar-refractivity contribution in [2.75, 3.05) is 6.54 Å². The Hall–Kier alpha value is -1.61. The molecule has 0 aromatic carbocycles. The van der Waals surface area contributed by atoms with E-state index in [1.165, 1.54) is 5.56 Å². The van der Waals surface area contributed by atoms with Gasteiger partial charge < -0.3 is 9.73 Å². The molecule has 0 amide bonds. The maximum Gasteiger partial charge on any atom is 0.0981 e. The van der Waals surface area contributed by atoms with Crippen molar-refractivity contribution >= 4 is 0 Å². The first-order chi connectivity index (χ1) is 7.40. The van der Waals surface area contributed by atoms with E-state index in [-0.39, 0.29) is 0 Å². The van der Waals surface area contributed by atoms with Crippen LogP contribution >= 0.6 is 0 Å². The number of aromatic nitrogens is 1. The molecule has 0 atom stereocenters. The number of nitrogens with one attached hydrogen (secondary N) is 1. The summed E-state index contributed by atoms with van der Waals surface area (Å²) < 4.78 is 5.05. The Balaban J connectivity index is 2.19. The van der Waals surface area contributed by atoms with Crippen molar-refractivity contribution in [2.45, 2.75) is 13.5 Å². The molecular weight excluding hydrogens is 188 g/mol.